The van der Waals surface area contributed by atoms with E-state index < -0.39 is 9.06 Å². The van der Waals surface area contributed by atoms with Gasteiger partial charge in [-0.05, 0) is 30.7 Å². The van der Waals surface area contributed by atoms with E-state index >= 15 is 0 Å². The third kappa shape index (κ3) is 1.91. The smallest absolute Gasteiger partial charge is 0.235 e. The molecule has 0 radical (unpaired) electrons. The summed E-state index contributed by atoms with van der Waals surface area (Å²) in [5, 5.41) is 0. The number of nitrogens with zero attached hydrogens (tertiary/aromatic N) is 2. The quantitative estimate of drug-likeness (QED) is 0.598. The zero-order valence-corrected chi connectivity index (χ0v) is 12.2. The summed E-state index contributed by atoms with van der Waals surface area (Å²) in [6.45, 7) is 1.91. The van der Waals surface area contributed by atoms with Crippen LogP contribution in [0.1, 0.15) is 5.56 Å². The minimum Gasteiger partial charge on any atom is -0.235 e. The van der Waals surface area contributed by atoms with Crippen LogP contribution in [-0.4, -0.2) is 8.42 Å². The topological polar surface area (TPSA) is 41.3 Å². The van der Waals surface area contributed by atoms with Gasteiger partial charge in [0.1, 0.15) is 10.6 Å². The summed E-state index contributed by atoms with van der Waals surface area (Å²) in [7, 11) is -0.666. The molecule has 0 spiro atoms. The van der Waals surface area contributed by atoms with Crippen LogP contribution in [0.3, 0.4) is 0 Å². The third-order valence-electron chi connectivity index (χ3n) is 3.06. The largest absolute Gasteiger partial charge is 0.367 e. The van der Waals surface area contributed by atoms with Gasteiger partial charge in [0.25, 0.3) is 0 Å². The normalized spacial score (nSPS) is 16.4. The first-order valence-corrected chi connectivity index (χ1v) is 8.57. The molecule has 98 valence electrons. The summed E-state index contributed by atoms with van der Waals surface area (Å²) < 4.78 is 28.0. The van der Waals surface area contributed by atoms with Crippen molar-refractivity contribution in [1.29, 1.82) is 0 Å². The second kappa shape index (κ2) is 4.25. The molecule has 0 saturated heterocycles. The van der Waals surface area contributed by atoms with Crippen LogP contribution < -0.4 is 8.87 Å². The minimum atomic E-state index is -3.42. The summed E-state index contributed by atoms with van der Waals surface area (Å²) in [4.78, 5) is 0.758. The molecule has 4 nitrogen and oxygen atoms in total. The van der Waals surface area contributed by atoms with Crippen LogP contribution in [0.2, 0.25) is 0 Å². The molecule has 0 amide bonds. The lowest BCUT2D eigenvalue weighted by Gasteiger charge is -2.12. The lowest BCUT2D eigenvalue weighted by Crippen LogP contribution is -2.36. The Morgan fingerprint density at radius 1 is 1.16 bits per heavy atom. The maximum atomic E-state index is 12.4. The highest BCUT2D eigenvalue weighted by molar-refractivity contribution is 8.73. The van der Waals surface area contributed by atoms with Gasteiger partial charge < -0.3 is 0 Å². The first-order chi connectivity index (χ1) is 9.00. The van der Waals surface area contributed by atoms with Crippen LogP contribution in [0.5, 0.6) is 0 Å². The number of aryl methyl sites for hydroxylation is 2. The molecule has 0 aliphatic carbocycles. The van der Waals surface area contributed by atoms with Crippen LogP contribution in [0.25, 0.3) is 0 Å². The number of hydrogen-bond donors (Lipinski definition) is 0. The van der Waals surface area contributed by atoms with Crippen LogP contribution in [0.4, 0.5) is 11.5 Å². The molecule has 0 fully saturated rings. The van der Waals surface area contributed by atoms with E-state index in [2.05, 4.69) is 0 Å². The van der Waals surface area contributed by atoms with E-state index in [1.54, 1.807) is 0 Å². The third-order valence-corrected chi connectivity index (χ3v) is 6.20. The minimum absolute atomic E-state index is 0.696. The van der Waals surface area contributed by atoms with Crippen molar-refractivity contribution in [3.8, 4) is 0 Å². The standard InChI is InChI=1S/C13H13N2O2S2/c1-10-6-3-4-7-11(10)15-13-12(18-19(15,16)17)8-5-9-14(13)2/h3-9H,1-2H3/q+1. The molecule has 1 aliphatic rings. The number of anilines is 2. The highest BCUT2D eigenvalue weighted by Crippen LogP contribution is 2.47. The molecule has 3 rings (SSSR count). The average molecular weight is 293 g/mol. The maximum absolute atomic E-state index is 12.4. The van der Waals surface area contributed by atoms with E-state index in [4.69, 9.17) is 0 Å². The number of hydrogen-bond acceptors (Lipinski definition) is 3. The molecule has 1 aromatic carbocycles. The molecule has 2 heterocycles. The summed E-state index contributed by atoms with van der Waals surface area (Å²) in [5.41, 5.74) is 1.64. The van der Waals surface area contributed by atoms with Crippen molar-refractivity contribution in [1.82, 2.24) is 0 Å². The van der Waals surface area contributed by atoms with Gasteiger partial charge in [0.2, 0.25) is 0 Å². The number of aromatic nitrogens is 1. The summed E-state index contributed by atoms with van der Waals surface area (Å²) in [5.74, 6) is 0.696. The molecule has 1 aromatic heterocycles. The first-order valence-electron chi connectivity index (χ1n) is 5.80. The van der Waals surface area contributed by atoms with Gasteiger partial charge in [-0.2, -0.15) is 8.42 Å². The van der Waals surface area contributed by atoms with E-state index in [0.29, 0.717) is 11.5 Å². The molecule has 2 aromatic rings. The van der Waals surface area contributed by atoms with Crippen molar-refractivity contribution >= 4 is 31.4 Å². The lowest BCUT2D eigenvalue weighted by atomic mass is 10.2. The van der Waals surface area contributed by atoms with Crippen LogP contribution in [0.15, 0.2) is 47.5 Å². The number of para-hydroxylation sites is 1. The van der Waals surface area contributed by atoms with E-state index in [9.17, 15) is 8.42 Å². The summed E-state index contributed by atoms with van der Waals surface area (Å²) >= 11 is 0. The Morgan fingerprint density at radius 3 is 2.63 bits per heavy atom. The average Bonchev–Trinajstić information content (AvgIpc) is 2.62. The number of rotatable bonds is 1. The second-order valence-electron chi connectivity index (χ2n) is 4.40. The second-order valence-corrected chi connectivity index (χ2v) is 7.99. The Balaban J connectivity index is 2.30. The van der Waals surface area contributed by atoms with Gasteiger partial charge in [-0.3, -0.25) is 0 Å². The van der Waals surface area contributed by atoms with E-state index in [1.165, 1.54) is 4.31 Å². The van der Waals surface area contributed by atoms with Crippen molar-refractivity contribution in [3.05, 3.63) is 48.2 Å². The molecule has 19 heavy (non-hydrogen) atoms. The molecule has 0 bridgehead atoms. The van der Waals surface area contributed by atoms with Gasteiger partial charge >= 0.3 is 14.9 Å². The fraction of sp³-hybridized carbons (Fsp3) is 0.154. The summed E-state index contributed by atoms with van der Waals surface area (Å²) in [6, 6.07) is 11.2. The van der Waals surface area contributed by atoms with Crippen LogP contribution in [0, 0.1) is 6.92 Å². The Bertz CT molecular complexity index is 757. The number of fused-ring (bicyclic) bond motifs is 1. The summed E-state index contributed by atoms with van der Waals surface area (Å²) in [6.07, 6.45) is 1.85. The van der Waals surface area contributed by atoms with Crippen molar-refractivity contribution in [2.45, 2.75) is 11.8 Å². The van der Waals surface area contributed by atoms with E-state index in [-0.39, 0.29) is 0 Å². The molecular weight excluding hydrogens is 280 g/mol. The Morgan fingerprint density at radius 2 is 1.89 bits per heavy atom. The van der Waals surface area contributed by atoms with E-state index in [1.807, 2.05) is 61.1 Å². The van der Waals surface area contributed by atoms with Gasteiger partial charge in [0, 0.05) is 0 Å². The van der Waals surface area contributed by atoms with Gasteiger partial charge in [0.05, 0.1) is 24.0 Å². The monoisotopic (exact) mass is 293 g/mol. The molecule has 0 saturated carbocycles. The SMILES string of the molecule is Cc1ccccc1N1c2c(ccc[n+]2C)SS1(=O)=O. The lowest BCUT2D eigenvalue weighted by molar-refractivity contribution is -0.659. The molecule has 0 N–H and O–H groups in total. The number of pyridine rings is 1. The van der Waals surface area contributed by atoms with Crippen LogP contribution >= 0.6 is 10.8 Å². The van der Waals surface area contributed by atoms with Gasteiger partial charge in [-0.1, -0.05) is 18.2 Å². The molecule has 0 atom stereocenters. The fourth-order valence-electron chi connectivity index (χ4n) is 2.17. The molecule has 1 aliphatic heterocycles. The van der Waals surface area contributed by atoms with Crippen molar-refractivity contribution < 1.29 is 13.0 Å². The van der Waals surface area contributed by atoms with Crippen molar-refractivity contribution in [3.63, 3.8) is 0 Å². The predicted octanol–water partition coefficient (Wildman–Crippen LogP) is 2.31. The first kappa shape index (κ1) is 12.5. The van der Waals surface area contributed by atoms with Gasteiger partial charge in [0.15, 0.2) is 0 Å². The van der Waals surface area contributed by atoms with Crippen LogP contribution in [-0.2, 0) is 16.1 Å². The fourth-order valence-corrected chi connectivity index (χ4v) is 5.60. The molecule has 0 unspecified atom stereocenters. The highest BCUT2D eigenvalue weighted by atomic mass is 33.1. The Labute approximate surface area is 116 Å². The number of benzene rings is 1. The zero-order valence-electron chi connectivity index (χ0n) is 10.6. The highest BCUT2D eigenvalue weighted by Gasteiger charge is 2.45. The van der Waals surface area contributed by atoms with E-state index in [0.717, 1.165) is 21.3 Å². The van der Waals surface area contributed by atoms with Gasteiger partial charge in [-0.25, -0.2) is 4.57 Å². The van der Waals surface area contributed by atoms with Gasteiger partial charge in [-0.15, -0.1) is 4.31 Å². The van der Waals surface area contributed by atoms with Crippen molar-refractivity contribution in [2.75, 3.05) is 4.31 Å². The molecular formula is C13H13N2O2S2+. The zero-order chi connectivity index (χ0) is 13.6. The Hall–Kier alpha value is -1.53. The predicted molar refractivity (Wildman–Crippen MR) is 75.7 cm³/mol. The Kier molecular flexibility index (Phi) is 2.79. The maximum Gasteiger partial charge on any atom is 0.367 e. The molecule has 6 heteroatoms. The van der Waals surface area contributed by atoms with Crippen molar-refractivity contribution in [2.24, 2.45) is 7.05 Å².